The molecule has 0 heterocycles. The molecule has 7 heteroatoms. The first kappa shape index (κ1) is 14.8. The first-order valence-electron chi connectivity index (χ1n) is 5.15. The van der Waals surface area contributed by atoms with Crippen LogP contribution in [0.25, 0.3) is 0 Å². The number of halogens is 4. The van der Waals surface area contributed by atoms with Gasteiger partial charge in [0.25, 0.3) is 5.91 Å². The van der Waals surface area contributed by atoms with Crippen molar-refractivity contribution in [2.75, 3.05) is 18.8 Å². The second kappa shape index (κ2) is 5.60. The van der Waals surface area contributed by atoms with Crippen molar-refractivity contribution < 1.29 is 18.0 Å². The molecule has 0 bridgehead atoms. The van der Waals surface area contributed by atoms with E-state index in [9.17, 15) is 18.0 Å². The lowest BCUT2D eigenvalue weighted by Crippen LogP contribution is -2.38. The third-order valence-corrected chi connectivity index (χ3v) is 2.97. The lowest BCUT2D eigenvalue weighted by molar-refractivity contribution is -0.140. The summed E-state index contributed by atoms with van der Waals surface area (Å²) in [6.07, 6.45) is -4.41. The lowest BCUT2D eigenvalue weighted by Gasteiger charge is -2.22. The van der Waals surface area contributed by atoms with Gasteiger partial charge in [-0.1, -0.05) is 0 Å². The molecule has 0 saturated heterocycles. The van der Waals surface area contributed by atoms with Crippen molar-refractivity contribution in [1.29, 1.82) is 0 Å². The molecule has 1 amide bonds. The Bertz CT molecular complexity index is 448. The number of alkyl halides is 3. The maximum atomic E-state index is 12.3. The maximum absolute atomic E-state index is 12.3. The monoisotopic (exact) mass is 324 g/mol. The molecule has 0 unspecified atom stereocenters. The molecule has 1 aromatic rings. The molecule has 0 fully saturated rings. The average Bonchev–Trinajstić information content (AvgIpc) is 2.27. The lowest BCUT2D eigenvalue weighted by atomic mass is 10.2. The molecule has 2 N–H and O–H groups in total. The minimum Gasteiger partial charge on any atom is -0.398 e. The van der Waals surface area contributed by atoms with E-state index in [0.717, 1.165) is 4.90 Å². The zero-order valence-electron chi connectivity index (χ0n) is 9.59. The molecular weight excluding hydrogens is 313 g/mol. The summed E-state index contributed by atoms with van der Waals surface area (Å²) >= 11 is 3.13. The van der Waals surface area contributed by atoms with E-state index >= 15 is 0 Å². The Balaban J connectivity index is 2.93. The Labute approximate surface area is 111 Å². The molecule has 18 heavy (non-hydrogen) atoms. The van der Waals surface area contributed by atoms with Gasteiger partial charge in [0.2, 0.25) is 0 Å². The molecule has 1 aromatic carbocycles. The van der Waals surface area contributed by atoms with Crippen molar-refractivity contribution in [3.05, 3.63) is 28.2 Å². The number of rotatable bonds is 3. The SMILES string of the molecule is CCN(CC(F)(F)F)C(=O)c1ccc(N)c(Br)c1. The summed E-state index contributed by atoms with van der Waals surface area (Å²) in [6.45, 7) is 0.223. The van der Waals surface area contributed by atoms with Crippen LogP contribution in [0.15, 0.2) is 22.7 Å². The van der Waals surface area contributed by atoms with Crippen LogP contribution in [0.2, 0.25) is 0 Å². The van der Waals surface area contributed by atoms with Gasteiger partial charge in [0.1, 0.15) is 6.54 Å². The number of hydrogen-bond donors (Lipinski definition) is 1. The van der Waals surface area contributed by atoms with Crippen LogP contribution in [0.1, 0.15) is 17.3 Å². The van der Waals surface area contributed by atoms with Gasteiger partial charge in [-0.15, -0.1) is 0 Å². The van der Waals surface area contributed by atoms with E-state index in [4.69, 9.17) is 5.73 Å². The fraction of sp³-hybridized carbons (Fsp3) is 0.364. The zero-order chi connectivity index (χ0) is 13.9. The Kier molecular flexibility index (Phi) is 4.61. The normalized spacial score (nSPS) is 11.4. The number of benzene rings is 1. The zero-order valence-corrected chi connectivity index (χ0v) is 11.2. The number of nitrogen functional groups attached to an aromatic ring is 1. The van der Waals surface area contributed by atoms with Gasteiger partial charge in [0, 0.05) is 22.3 Å². The summed E-state index contributed by atoms with van der Waals surface area (Å²) in [5.74, 6) is -0.671. The molecule has 0 radical (unpaired) electrons. The van der Waals surface area contributed by atoms with Crippen molar-refractivity contribution in [2.45, 2.75) is 13.1 Å². The van der Waals surface area contributed by atoms with Crippen molar-refractivity contribution in [1.82, 2.24) is 4.90 Å². The van der Waals surface area contributed by atoms with E-state index in [0.29, 0.717) is 10.2 Å². The van der Waals surface area contributed by atoms with Crippen molar-refractivity contribution in [2.24, 2.45) is 0 Å². The van der Waals surface area contributed by atoms with Gasteiger partial charge in [0.05, 0.1) is 0 Å². The van der Waals surface area contributed by atoms with E-state index in [1.807, 2.05) is 0 Å². The molecule has 100 valence electrons. The minimum atomic E-state index is -4.41. The highest BCUT2D eigenvalue weighted by molar-refractivity contribution is 9.10. The molecule has 0 atom stereocenters. The first-order valence-corrected chi connectivity index (χ1v) is 5.95. The van der Waals surface area contributed by atoms with Crippen LogP contribution < -0.4 is 5.73 Å². The molecular formula is C11H12BrF3N2O. The van der Waals surface area contributed by atoms with Crippen LogP contribution in [0.4, 0.5) is 18.9 Å². The number of nitrogens with two attached hydrogens (primary N) is 1. The number of carbonyl (C=O) groups is 1. The average molecular weight is 325 g/mol. The van der Waals surface area contributed by atoms with E-state index in [1.165, 1.54) is 25.1 Å². The quantitative estimate of drug-likeness (QED) is 0.868. The highest BCUT2D eigenvalue weighted by Crippen LogP contribution is 2.23. The fourth-order valence-corrected chi connectivity index (χ4v) is 1.77. The molecule has 0 aromatic heterocycles. The largest absolute Gasteiger partial charge is 0.406 e. The van der Waals surface area contributed by atoms with Crippen molar-refractivity contribution in [3.63, 3.8) is 0 Å². The topological polar surface area (TPSA) is 46.3 Å². The summed E-state index contributed by atoms with van der Waals surface area (Å²) < 4.78 is 37.3. The molecule has 0 aliphatic carbocycles. The predicted octanol–water partition coefficient (Wildman–Crippen LogP) is 3.06. The number of hydrogen-bond acceptors (Lipinski definition) is 2. The Morgan fingerprint density at radius 1 is 1.44 bits per heavy atom. The molecule has 1 rings (SSSR count). The predicted molar refractivity (Wildman–Crippen MR) is 66.2 cm³/mol. The van der Waals surface area contributed by atoms with Crippen LogP contribution in [0.5, 0.6) is 0 Å². The molecule has 3 nitrogen and oxygen atoms in total. The van der Waals surface area contributed by atoms with E-state index in [2.05, 4.69) is 15.9 Å². The Hall–Kier alpha value is -1.24. The minimum absolute atomic E-state index is 0.0136. The molecule has 0 aliphatic rings. The number of nitrogens with zero attached hydrogens (tertiary/aromatic N) is 1. The van der Waals surface area contributed by atoms with Gasteiger partial charge in [-0.05, 0) is 41.1 Å². The summed E-state index contributed by atoms with van der Waals surface area (Å²) in [6, 6.07) is 4.29. The molecule has 0 saturated carbocycles. The fourth-order valence-electron chi connectivity index (χ4n) is 1.39. The second-order valence-corrected chi connectivity index (χ2v) is 4.53. The smallest absolute Gasteiger partial charge is 0.398 e. The third-order valence-electron chi connectivity index (χ3n) is 2.29. The first-order chi connectivity index (χ1) is 8.24. The van der Waals surface area contributed by atoms with E-state index in [1.54, 1.807) is 0 Å². The van der Waals surface area contributed by atoms with Crippen molar-refractivity contribution in [3.8, 4) is 0 Å². The number of amides is 1. The van der Waals surface area contributed by atoms with Gasteiger partial charge in [-0.3, -0.25) is 4.79 Å². The highest BCUT2D eigenvalue weighted by atomic mass is 79.9. The van der Waals surface area contributed by atoms with Gasteiger partial charge in [0.15, 0.2) is 0 Å². The van der Waals surface area contributed by atoms with Crippen LogP contribution >= 0.6 is 15.9 Å². The summed E-state index contributed by atoms with van der Waals surface area (Å²) in [4.78, 5) is 12.6. The van der Waals surface area contributed by atoms with Gasteiger partial charge in [-0.2, -0.15) is 13.2 Å². The van der Waals surface area contributed by atoms with Crippen LogP contribution in [0.3, 0.4) is 0 Å². The van der Waals surface area contributed by atoms with Gasteiger partial charge >= 0.3 is 6.18 Å². The maximum Gasteiger partial charge on any atom is 0.406 e. The summed E-state index contributed by atoms with van der Waals surface area (Å²) in [5, 5.41) is 0. The van der Waals surface area contributed by atoms with E-state index in [-0.39, 0.29) is 12.1 Å². The van der Waals surface area contributed by atoms with Crippen LogP contribution in [-0.2, 0) is 0 Å². The standard InChI is InChI=1S/C11H12BrF3N2O/c1-2-17(6-11(13,14)15)10(18)7-3-4-9(16)8(12)5-7/h3-5H,2,6,16H2,1H3. The number of anilines is 1. The van der Waals surface area contributed by atoms with Crippen LogP contribution in [0, 0.1) is 0 Å². The summed E-state index contributed by atoms with van der Waals surface area (Å²) in [5.41, 5.74) is 6.14. The van der Waals surface area contributed by atoms with Crippen LogP contribution in [-0.4, -0.2) is 30.1 Å². The molecule has 0 aliphatic heterocycles. The van der Waals surface area contributed by atoms with Gasteiger partial charge < -0.3 is 10.6 Å². The molecule has 0 spiro atoms. The summed E-state index contributed by atoms with van der Waals surface area (Å²) in [7, 11) is 0. The number of carbonyl (C=O) groups excluding carboxylic acids is 1. The Morgan fingerprint density at radius 2 is 2.06 bits per heavy atom. The van der Waals surface area contributed by atoms with Crippen molar-refractivity contribution >= 4 is 27.5 Å². The van der Waals surface area contributed by atoms with Gasteiger partial charge in [-0.25, -0.2) is 0 Å². The second-order valence-electron chi connectivity index (χ2n) is 3.67. The highest BCUT2D eigenvalue weighted by Gasteiger charge is 2.32. The van der Waals surface area contributed by atoms with E-state index < -0.39 is 18.6 Å². The third kappa shape index (κ3) is 3.90. The Morgan fingerprint density at radius 3 is 2.50 bits per heavy atom.